The second-order valence-corrected chi connectivity index (χ2v) is 5.93. The van der Waals surface area contributed by atoms with Crippen LogP contribution in [0.5, 0.6) is 0 Å². The van der Waals surface area contributed by atoms with Crippen molar-refractivity contribution in [3.05, 3.63) is 69.5 Å². The van der Waals surface area contributed by atoms with Crippen LogP contribution >= 0.6 is 0 Å². The molecule has 0 unspecified atom stereocenters. The van der Waals surface area contributed by atoms with Crippen molar-refractivity contribution in [3.8, 4) is 0 Å². The number of halogens is 1. The Hall–Kier alpha value is -2.51. The zero-order chi connectivity index (χ0) is 17.6. The van der Waals surface area contributed by atoms with Crippen LogP contribution in [-0.2, 0) is 17.8 Å². The Labute approximate surface area is 145 Å². The van der Waals surface area contributed by atoms with Gasteiger partial charge in [-0.05, 0) is 17.2 Å². The lowest BCUT2D eigenvalue weighted by Crippen LogP contribution is -2.35. The Morgan fingerprint density at radius 2 is 1.88 bits per heavy atom. The molecule has 1 aliphatic rings. The zero-order valence-corrected chi connectivity index (χ0v) is 13.8. The van der Waals surface area contributed by atoms with E-state index in [4.69, 9.17) is 4.74 Å². The van der Waals surface area contributed by atoms with Gasteiger partial charge in [0, 0.05) is 32.2 Å². The number of nitrogens with zero attached hydrogens (tertiary/aromatic N) is 2. The van der Waals surface area contributed by atoms with E-state index in [1.54, 1.807) is 0 Å². The van der Waals surface area contributed by atoms with Crippen molar-refractivity contribution in [2.75, 3.05) is 31.6 Å². The van der Waals surface area contributed by atoms with E-state index in [1.807, 2.05) is 18.2 Å². The number of ether oxygens (including phenoxy) is 1. The molecule has 6 nitrogen and oxygen atoms in total. The summed E-state index contributed by atoms with van der Waals surface area (Å²) in [5.41, 5.74) is 2.26. The van der Waals surface area contributed by atoms with E-state index in [-0.39, 0.29) is 11.4 Å². The number of non-ortho nitro benzene ring substituents is 1. The Balaban J connectivity index is 1.68. The summed E-state index contributed by atoms with van der Waals surface area (Å²) in [5.74, 6) is -0.625. The third-order valence-corrected chi connectivity index (χ3v) is 4.25. The normalized spacial score (nSPS) is 15.1. The summed E-state index contributed by atoms with van der Waals surface area (Å²) in [5, 5.41) is 13.7. The van der Waals surface area contributed by atoms with Gasteiger partial charge in [-0.1, -0.05) is 24.3 Å². The molecule has 2 aromatic carbocycles. The zero-order valence-electron chi connectivity index (χ0n) is 13.8. The van der Waals surface area contributed by atoms with Gasteiger partial charge in [-0.25, -0.2) is 4.39 Å². The molecule has 1 aliphatic heterocycles. The molecule has 1 heterocycles. The highest BCUT2D eigenvalue weighted by Gasteiger charge is 2.14. The fourth-order valence-corrected chi connectivity index (χ4v) is 2.84. The summed E-state index contributed by atoms with van der Waals surface area (Å²) in [4.78, 5) is 12.4. The first kappa shape index (κ1) is 17.3. The quantitative estimate of drug-likeness (QED) is 0.643. The summed E-state index contributed by atoms with van der Waals surface area (Å²) in [6.07, 6.45) is 0. The minimum atomic E-state index is -0.625. The molecule has 1 N–H and O–H groups in total. The van der Waals surface area contributed by atoms with Gasteiger partial charge >= 0.3 is 0 Å². The van der Waals surface area contributed by atoms with Gasteiger partial charge in [0.2, 0.25) is 0 Å². The number of anilines is 1. The SMILES string of the molecule is O=[N+]([O-])c1ccc(NCc2ccccc2CN2CCOCC2)c(F)c1. The van der Waals surface area contributed by atoms with Gasteiger partial charge in [0.1, 0.15) is 0 Å². The molecule has 0 atom stereocenters. The Kier molecular flexibility index (Phi) is 5.57. The number of morpholine rings is 1. The first-order valence-electron chi connectivity index (χ1n) is 8.18. The van der Waals surface area contributed by atoms with Crippen molar-refractivity contribution >= 4 is 11.4 Å². The van der Waals surface area contributed by atoms with Crippen LogP contribution in [0.4, 0.5) is 15.8 Å². The van der Waals surface area contributed by atoms with E-state index in [9.17, 15) is 14.5 Å². The standard InChI is InChI=1S/C18H20FN3O3/c19-17-11-16(22(23)24)5-6-18(17)20-12-14-3-1-2-4-15(14)13-21-7-9-25-10-8-21/h1-6,11,20H,7-10,12-13H2. The van der Waals surface area contributed by atoms with Crippen molar-refractivity contribution in [3.63, 3.8) is 0 Å². The summed E-state index contributed by atoms with van der Waals surface area (Å²) >= 11 is 0. The summed E-state index contributed by atoms with van der Waals surface area (Å²) in [6.45, 7) is 4.57. The van der Waals surface area contributed by atoms with Gasteiger partial charge in [-0.2, -0.15) is 0 Å². The maximum absolute atomic E-state index is 14.0. The second-order valence-electron chi connectivity index (χ2n) is 5.93. The topological polar surface area (TPSA) is 67.6 Å². The molecule has 0 aromatic heterocycles. The Morgan fingerprint density at radius 1 is 1.16 bits per heavy atom. The average Bonchev–Trinajstić information content (AvgIpc) is 2.62. The molecule has 0 spiro atoms. The minimum Gasteiger partial charge on any atom is -0.379 e. The van der Waals surface area contributed by atoms with E-state index >= 15 is 0 Å². The Bertz CT molecular complexity index is 748. The number of benzene rings is 2. The molecule has 1 saturated heterocycles. The maximum atomic E-state index is 14.0. The van der Waals surface area contributed by atoms with Crippen LogP contribution in [0.1, 0.15) is 11.1 Å². The van der Waals surface area contributed by atoms with Crippen LogP contribution in [0.25, 0.3) is 0 Å². The van der Waals surface area contributed by atoms with Gasteiger partial charge in [0.15, 0.2) is 5.82 Å². The summed E-state index contributed by atoms with van der Waals surface area (Å²) in [6, 6.07) is 11.6. The van der Waals surface area contributed by atoms with Gasteiger partial charge in [-0.3, -0.25) is 15.0 Å². The van der Waals surface area contributed by atoms with Crippen LogP contribution in [0.3, 0.4) is 0 Å². The Morgan fingerprint density at radius 3 is 2.56 bits per heavy atom. The van der Waals surface area contributed by atoms with Crippen LogP contribution in [0, 0.1) is 15.9 Å². The third-order valence-electron chi connectivity index (χ3n) is 4.25. The molecule has 0 radical (unpaired) electrons. The number of nitro groups is 1. The van der Waals surface area contributed by atoms with Crippen LogP contribution in [-0.4, -0.2) is 36.1 Å². The highest BCUT2D eigenvalue weighted by Crippen LogP contribution is 2.22. The summed E-state index contributed by atoms with van der Waals surface area (Å²) < 4.78 is 19.4. The lowest BCUT2D eigenvalue weighted by molar-refractivity contribution is -0.385. The summed E-state index contributed by atoms with van der Waals surface area (Å²) in [7, 11) is 0. The fourth-order valence-electron chi connectivity index (χ4n) is 2.84. The molecule has 0 bridgehead atoms. The van der Waals surface area contributed by atoms with Gasteiger partial charge in [-0.15, -0.1) is 0 Å². The molecule has 7 heteroatoms. The molecule has 0 aliphatic carbocycles. The predicted molar refractivity (Wildman–Crippen MR) is 92.9 cm³/mol. The number of nitrogens with one attached hydrogen (secondary N) is 1. The van der Waals surface area contributed by atoms with Crippen LogP contribution in [0.15, 0.2) is 42.5 Å². The molecular weight excluding hydrogens is 325 g/mol. The lowest BCUT2D eigenvalue weighted by Gasteiger charge is -2.27. The maximum Gasteiger partial charge on any atom is 0.272 e. The molecular formula is C18H20FN3O3. The van der Waals surface area contributed by atoms with Gasteiger partial charge in [0.25, 0.3) is 5.69 Å². The smallest absolute Gasteiger partial charge is 0.272 e. The molecule has 2 aromatic rings. The molecule has 132 valence electrons. The van der Waals surface area contributed by atoms with Crippen molar-refractivity contribution in [1.29, 1.82) is 0 Å². The highest BCUT2D eigenvalue weighted by molar-refractivity contribution is 5.50. The van der Waals surface area contributed by atoms with Crippen molar-refractivity contribution in [2.45, 2.75) is 13.1 Å². The molecule has 3 rings (SSSR count). The molecule has 1 fully saturated rings. The average molecular weight is 345 g/mol. The van der Waals surface area contributed by atoms with E-state index in [1.165, 1.54) is 17.7 Å². The van der Waals surface area contributed by atoms with Gasteiger partial charge in [0.05, 0.1) is 29.9 Å². The van der Waals surface area contributed by atoms with Crippen molar-refractivity contribution in [2.24, 2.45) is 0 Å². The monoisotopic (exact) mass is 345 g/mol. The number of nitro benzene ring substituents is 1. The lowest BCUT2D eigenvalue weighted by atomic mass is 10.1. The van der Waals surface area contributed by atoms with Gasteiger partial charge < -0.3 is 10.1 Å². The van der Waals surface area contributed by atoms with Crippen molar-refractivity contribution in [1.82, 2.24) is 4.90 Å². The molecule has 0 saturated carbocycles. The third kappa shape index (κ3) is 4.52. The minimum absolute atomic E-state index is 0.254. The largest absolute Gasteiger partial charge is 0.379 e. The fraction of sp³-hybridized carbons (Fsp3) is 0.333. The van der Waals surface area contributed by atoms with Crippen molar-refractivity contribution < 1.29 is 14.1 Å². The number of hydrogen-bond acceptors (Lipinski definition) is 5. The van der Waals surface area contributed by atoms with E-state index in [2.05, 4.69) is 16.3 Å². The first-order valence-corrected chi connectivity index (χ1v) is 8.18. The van der Waals surface area contributed by atoms with Crippen LogP contribution in [0.2, 0.25) is 0 Å². The molecule has 0 amide bonds. The number of rotatable bonds is 6. The predicted octanol–water partition coefficient (Wildman–Crippen LogP) is 3.18. The van der Waals surface area contributed by atoms with Crippen LogP contribution < -0.4 is 5.32 Å². The highest BCUT2D eigenvalue weighted by atomic mass is 19.1. The second kappa shape index (κ2) is 8.04. The first-order chi connectivity index (χ1) is 12.1. The van der Waals surface area contributed by atoms with E-state index in [0.29, 0.717) is 6.54 Å². The molecule has 25 heavy (non-hydrogen) atoms. The van der Waals surface area contributed by atoms with E-state index < -0.39 is 10.7 Å². The number of hydrogen-bond donors (Lipinski definition) is 1. The van der Waals surface area contributed by atoms with E-state index in [0.717, 1.165) is 44.5 Å².